The molecule has 1 unspecified atom stereocenters. The number of nitrogens with one attached hydrogen (secondary N) is 1. The Morgan fingerprint density at radius 2 is 1.81 bits per heavy atom. The fourth-order valence-electron chi connectivity index (χ4n) is 2.91. The third-order valence-electron chi connectivity index (χ3n) is 3.98. The zero-order chi connectivity index (χ0) is 20.1. The van der Waals surface area contributed by atoms with Gasteiger partial charge >= 0.3 is 11.9 Å². The normalized spacial score (nSPS) is 16.7. The number of nitro groups is 1. The summed E-state index contributed by atoms with van der Waals surface area (Å²) in [4.78, 5) is 34.3. The molecule has 144 valence electrons. The van der Waals surface area contributed by atoms with Gasteiger partial charge in [-0.25, -0.2) is 9.18 Å². The van der Waals surface area contributed by atoms with E-state index in [1.165, 1.54) is 38.1 Å². The monoisotopic (exact) mass is 378 g/mol. The lowest BCUT2D eigenvalue weighted by Gasteiger charge is -2.26. The molecule has 1 aliphatic rings. The van der Waals surface area contributed by atoms with Crippen molar-refractivity contribution in [3.8, 4) is 0 Å². The zero-order valence-corrected chi connectivity index (χ0v) is 15.1. The van der Waals surface area contributed by atoms with Gasteiger partial charge in [-0.05, 0) is 19.9 Å². The topological polar surface area (TPSA) is 108 Å². The third kappa shape index (κ3) is 4.49. The predicted molar refractivity (Wildman–Crippen MR) is 92.3 cm³/mol. The van der Waals surface area contributed by atoms with Crippen LogP contribution in [0.2, 0.25) is 0 Å². The zero-order valence-electron chi connectivity index (χ0n) is 15.1. The van der Waals surface area contributed by atoms with Gasteiger partial charge in [0.05, 0.1) is 16.2 Å². The third-order valence-corrected chi connectivity index (χ3v) is 3.98. The van der Waals surface area contributed by atoms with Crippen molar-refractivity contribution in [2.45, 2.75) is 26.7 Å². The van der Waals surface area contributed by atoms with E-state index in [1.54, 1.807) is 6.92 Å². The molecule has 0 aliphatic carbocycles. The number of ether oxygens (including phenoxy) is 2. The van der Waals surface area contributed by atoms with Gasteiger partial charge in [0.1, 0.15) is 24.9 Å². The van der Waals surface area contributed by atoms with E-state index in [0.717, 1.165) is 0 Å². The molecule has 0 spiro atoms. The first-order chi connectivity index (χ1) is 12.7. The van der Waals surface area contributed by atoms with Crippen LogP contribution in [0.3, 0.4) is 0 Å². The summed E-state index contributed by atoms with van der Waals surface area (Å²) < 4.78 is 24.2. The number of esters is 2. The molecule has 1 aliphatic heterocycles. The summed E-state index contributed by atoms with van der Waals surface area (Å²) in [6.07, 6.45) is 0. The Morgan fingerprint density at radius 3 is 2.41 bits per heavy atom. The number of benzene rings is 1. The first-order valence-electron chi connectivity index (χ1n) is 8.11. The van der Waals surface area contributed by atoms with Crippen molar-refractivity contribution in [2.24, 2.45) is 0 Å². The second-order valence-electron chi connectivity index (χ2n) is 5.86. The van der Waals surface area contributed by atoms with Crippen molar-refractivity contribution in [1.29, 1.82) is 0 Å². The highest BCUT2D eigenvalue weighted by atomic mass is 19.1. The van der Waals surface area contributed by atoms with Gasteiger partial charge in [0.25, 0.3) is 5.70 Å². The minimum absolute atomic E-state index is 0.00339. The Labute approximate surface area is 154 Å². The van der Waals surface area contributed by atoms with Crippen molar-refractivity contribution >= 4 is 11.9 Å². The molecule has 0 amide bonds. The molecule has 0 fully saturated rings. The van der Waals surface area contributed by atoms with E-state index >= 15 is 0 Å². The van der Waals surface area contributed by atoms with Crippen LogP contribution in [-0.2, 0) is 19.1 Å². The summed E-state index contributed by atoms with van der Waals surface area (Å²) >= 11 is 0. The molecule has 27 heavy (non-hydrogen) atoms. The van der Waals surface area contributed by atoms with E-state index in [0.29, 0.717) is 5.70 Å². The molecule has 1 heterocycles. The Bertz CT molecular complexity index is 846. The predicted octanol–water partition coefficient (Wildman–Crippen LogP) is 2.40. The summed E-state index contributed by atoms with van der Waals surface area (Å²) in [6, 6.07) is 5.55. The van der Waals surface area contributed by atoms with Crippen LogP contribution in [-0.4, -0.2) is 30.1 Å². The van der Waals surface area contributed by atoms with Crippen LogP contribution in [0, 0.1) is 15.9 Å². The number of carbonyl (C=O) groups is 2. The maximum Gasteiger partial charge on any atom is 0.337 e. The molecule has 0 aromatic heterocycles. The van der Waals surface area contributed by atoms with Crippen molar-refractivity contribution in [3.63, 3.8) is 0 Å². The number of hydrogen-bond donors (Lipinski definition) is 1. The lowest BCUT2D eigenvalue weighted by molar-refractivity contribution is -0.431. The molecular weight excluding hydrogens is 359 g/mol. The van der Waals surface area contributed by atoms with Crippen molar-refractivity contribution in [3.05, 3.63) is 68.4 Å². The first-order valence-corrected chi connectivity index (χ1v) is 8.11. The van der Waals surface area contributed by atoms with E-state index in [2.05, 4.69) is 10.1 Å². The van der Waals surface area contributed by atoms with Crippen molar-refractivity contribution < 1.29 is 28.4 Å². The standard InChI is InChI=1S/C18H19FN2O6/c1-10-15(18(23)27-9-8-26-12(3)22)16(13-6-4-5-7-14(13)19)17(21(24)25)11(2)20-10/h4-7,16,20H,8-9H2,1-3H3. The van der Waals surface area contributed by atoms with Crippen molar-refractivity contribution in [2.75, 3.05) is 13.2 Å². The highest BCUT2D eigenvalue weighted by Gasteiger charge is 2.42. The lowest BCUT2D eigenvalue weighted by atomic mass is 9.84. The van der Waals surface area contributed by atoms with Crippen LogP contribution in [0.5, 0.6) is 0 Å². The number of dihydropyridines is 1. The minimum Gasteiger partial charge on any atom is -0.462 e. The summed E-state index contributed by atoms with van der Waals surface area (Å²) in [5, 5.41) is 14.4. The number of allylic oxidation sites excluding steroid dienone is 3. The van der Waals surface area contributed by atoms with E-state index in [-0.39, 0.29) is 35.7 Å². The summed E-state index contributed by atoms with van der Waals surface area (Å²) in [5.74, 6) is -3.29. The smallest absolute Gasteiger partial charge is 0.337 e. The van der Waals surface area contributed by atoms with Gasteiger partial charge < -0.3 is 14.8 Å². The molecule has 1 aromatic carbocycles. The van der Waals surface area contributed by atoms with Gasteiger partial charge in [0, 0.05) is 18.2 Å². The molecule has 0 saturated heterocycles. The average molecular weight is 378 g/mol. The summed E-state index contributed by atoms with van der Waals surface area (Å²) in [5.41, 5.74) is 0.125. The molecule has 1 N–H and O–H groups in total. The average Bonchev–Trinajstić information content (AvgIpc) is 2.57. The molecular formula is C18H19FN2O6. The maximum atomic E-state index is 14.4. The summed E-state index contributed by atoms with van der Waals surface area (Å²) in [6.45, 7) is 3.87. The van der Waals surface area contributed by atoms with Gasteiger partial charge in [0.15, 0.2) is 0 Å². The molecule has 1 aromatic rings. The van der Waals surface area contributed by atoms with Crippen LogP contribution in [0.25, 0.3) is 0 Å². The van der Waals surface area contributed by atoms with Gasteiger partial charge in [-0.1, -0.05) is 18.2 Å². The highest BCUT2D eigenvalue weighted by Crippen LogP contribution is 2.39. The molecule has 0 bridgehead atoms. The molecule has 2 rings (SSSR count). The first kappa shape index (κ1) is 20.1. The van der Waals surface area contributed by atoms with Crippen LogP contribution >= 0.6 is 0 Å². The molecule has 8 nitrogen and oxygen atoms in total. The van der Waals surface area contributed by atoms with E-state index in [1.807, 2.05) is 0 Å². The quantitative estimate of drug-likeness (QED) is 0.350. The van der Waals surface area contributed by atoms with Gasteiger partial charge in [-0.15, -0.1) is 0 Å². The Morgan fingerprint density at radius 1 is 1.19 bits per heavy atom. The second kappa shape index (κ2) is 8.43. The van der Waals surface area contributed by atoms with Gasteiger partial charge in [-0.2, -0.15) is 0 Å². The number of carbonyl (C=O) groups excluding carboxylic acids is 2. The number of hydrogen-bond acceptors (Lipinski definition) is 7. The van der Waals surface area contributed by atoms with Gasteiger partial charge in [0.2, 0.25) is 0 Å². The van der Waals surface area contributed by atoms with E-state index in [4.69, 9.17) is 4.74 Å². The number of rotatable bonds is 6. The Balaban J connectivity index is 2.42. The van der Waals surface area contributed by atoms with Crippen molar-refractivity contribution in [1.82, 2.24) is 5.32 Å². The Kier molecular flexibility index (Phi) is 6.27. The molecule has 1 atom stereocenters. The fraction of sp³-hybridized carbons (Fsp3) is 0.333. The maximum absolute atomic E-state index is 14.4. The second-order valence-corrected chi connectivity index (χ2v) is 5.86. The van der Waals surface area contributed by atoms with Crippen LogP contribution in [0.1, 0.15) is 32.3 Å². The van der Waals surface area contributed by atoms with E-state index in [9.17, 15) is 24.1 Å². The summed E-state index contributed by atoms with van der Waals surface area (Å²) in [7, 11) is 0. The number of nitrogens with zero attached hydrogens (tertiary/aromatic N) is 1. The molecule has 0 saturated carbocycles. The van der Waals surface area contributed by atoms with Crippen LogP contribution in [0.15, 0.2) is 46.9 Å². The molecule has 9 heteroatoms. The highest BCUT2D eigenvalue weighted by molar-refractivity contribution is 5.92. The van der Waals surface area contributed by atoms with Crippen LogP contribution < -0.4 is 5.32 Å². The minimum atomic E-state index is -1.23. The number of halogens is 1. The SMILES string of the molecule is CC(=O)OCCOC(=O)C1=C(C)NC(C)=C([N+](=O)[O-])C1c1ccccc1F. The molecule has 0 radical (unpaired) electrons. The van der Waals surface area contributed by atoms with E-state index < -0.39 is 28.6 Å². The largest absolute Gasteiger partial charge is 0.462 e. The van der Waals surface area contributed by atoms with Crippen LogP contribution in [0.4, 0.5) is 4.39 Å². The fourth-order valence-corrected chi connectivity index (χ4v) is 2.91. The van der Waals surface area contributed by atoms with Gasteiger partial charge in [-0.3, -0.25) is 14.9 Å². The Hall–Kier alpha value is -3.23. The lowest BCUT2D eigenvalue weighted by Crippen LogP contribution is -2.32.